The number of nitrogens with one attached hydrogen (secondary N) is 1. The lowest BCUT2D eigenvalue weighted by Gasteiger charge is -2.36. The normalized spacial score (nSPS) is 17.6. The summed E-state index contributed by atoms with van der Waals surface area (Å²) in [4.78, 5) is 0. The minimum atomic E-state index is 0.186. The van der Waals surface area contributed by atoms with E-state index in [1.165, 1.54) is 32.1 Å². The monoisotopic (exact) mass is 286 g/mol. The van der Waals surface area contributed by atoms with Crippen molar-refractivity contribution in [1.29, 1.82) is 0 Å². The van der Waals surface area contributed by atoms with Gasteiger partial charge in [-0.25, -0.2) is 0 Å². The first-order valence-electron chi connectivity index (χ1n) is 7.61. The molecule has 1 aromatic carbocycles. The third-order valence-corrected chi connectivity index (χ3v) is 4.44. The molecule has 2 aromatic rings. The number of nitrogens with two attached hydrogens (primary N) is 1. The van der Waals surface area contributed by atoms with Crippen LogP contribution < -0.4 is 11.1 Å². The first-order valence-corrected chi connectivity index (χ1v) is 7.61. The lowest BCUT2D eigenvalue weighted by atomic mass is 9.74. The molecule has 3 N–H and O–H groups in total. The summed E-state index contributed by atoms with van der Waals surface area (Å²) < 4.78 is 1.73. The molecular formula is C15H22N6. The number of benzene rings is 1. The Bertz CT molecular complexity index is 559. The molecule has 0 atom stereocenters. The number of aromatic nitrogens is 4. The fourth-order valence-electron chi connectivity index (χ4n) is 3.06. The molecule has 0 spiro atoms. The Morgan fingerprint density at radius 3 is 2.62 bits per heavy atom. The topological polar surface area (TPSA) is 81.7 Å². The highest BCUT2D eigenvalue weighted by atomic mass is 15.6. The summed E-state index contributed by atoms with van der Waals surface area (Å²) in [6.07, 6.45) is 6.22. The molecule has 6 heteroatoms. The predicted molar refractivity (Wildman–Crippen MR) is 82.2 cm³/mol. The Kier molecular flexibility index (Phi) is 4.15. The van der Waals surface area contributed by atoms with E-state index < -0.39 is 0 Å². The molecule has 112 valence electrons. The molecule has 1 heterocycles. The Labute approximate surface area is 124 Å². The molecule has 0 unspecified atom stereocenters. The van der Waals surface area contributed by atoms with Crippen LogP contribution in [0.4, 0.5) is 5.95 Å². The number of para-hydroxylation sites is 1. The molecule has 3 rings (SSSR count). The van der Waals surface area contributed by atoms with Gasteiger partial charge in [-0.15, -0.1) is 0 Å². The Hall–Kier alpha value is -1.95. The largest absolute Gasteiger partial charge is 0.352 e. The zero-order valence-corrected chi connectivity index (χ0v) is 12.2. The van der Waals surface area contributed by atoms with Crippen LogP contribution in [0.3, 0.4) is 0 Å². The van der Waals surface area contributed by atoms with Gasteiger partial charge in [0.25, 0.3) is 0 Å². The molecule has 1 saturated carbocycles. The van der Waals surface area contributed by atoms with Crippen molar-refractivity contribution in [2.75, 3.05) is 18.4 Å². The highest BCUT2D eigenvalue weighted by molar-refractivity contribution is 5.38. The first-order chi connectivity index (χ1) is 10.3. The Morgan fingerprint density at radius 2 is 1.90 bits per heavy atom. The number of anilines is 1. The van der Waals surface area contributed by atoms with Gasteiger partial charge in [0, 0.05) is 6.54 Å². The lowest BCUT2D eigenvalue weighted by Crippen LogP contribution is -2.39. The number of hydrogen-bond acceptors (Lipinski definition) is 5. The van der Waals surface area contributed by atoms with Gasteiger partial charge in [-0.2, -0.15) is 4.68 Å². The molecule has 21 heavy (non-hydrogen) atoms. The Balaban J connectivity index is 1.73. The van der Waals surface area contributed by atoms with Crippen LogP contribution in [0.25, 0.3) is 5.69 Å². The van der Waals surface area contributed by atoms with E-state index in [0.29, 0.717) is 12.5 Å². The fraction of sp³-hybridized carbons (Fsp3) is 0.533. The summed E-state index contributed by atoms with van der Waals surface area (Å²) in [6.45, 7) is 1.55. The maximum Gasteiger partial charge on any atom is 0.247 e. The number of rotatable bonds is 5. The van der Waals surface area contributed by atoms with Crippen molar-refractivity contribution in [3.63, 3.8) is 0 Å². The van der Waals surface area contributed by atoms with Crippen molar-refractivity contribution in [1.82, 2.24) is 20.2 Å². The molecule has 1 aliphatic carbocycles. The average Bonchev–Trinajstić information content (AvgIpc) is 3.03. The highest BCUT2D eigenvalue weighted by Crippen LogP contribution is 2.35. The zero-order valence-electron chi connectivity index (χ0n) is 12.2. The molecule has 0 saturated heterocycles. The van der Waals surface area contributed by atoms with Crippen LogP contribution >= 0.6 is 0 Å². The second kappa shape index (κ2) is 6.22. The van der Waals surface area contributed by atoms with Gasteiger partial charge >= 0.3 is 0 Å². The van der Waals surface area contributed by atoms with Crippen LogP contribution in [-0.2, 0) is 0 Å². The zero-order chi connectivity index (χ0) is 14.5. The van der Waals surface area contributed by atoms with E-state index in [0.717, 1.165) is 12.2 Å². The van der Waals surface area contributed by atoms with E-state index in [1.54, 1.807) is 4.68 Å². The summed E-state index contributed by atoms with van der Waals surface area (Å²) in [7, 11) is 0. The average molecular weight is 286 g/mol. The summed E-state index contributed by atoms with van der Waals surface area (Å²) in [5.41, 5.74) is 7.17. The van der Waals surface area contributed by atoms with Crippen molar-refractivity contribution < 1.29 is 0 Å². The maximum atomic E-state index is 6.03. The van der Waals surface area contributed by atoms with E-state index in [4.69, 9.17) is 5.73 Å². The molecule has 1 fully saturated rings. The summed E-state index contributed by atoms with van der Waals surface area (Å²) >= 11 is 0. The molecule has 0 aliphatic heterocycles. The SMILES string of the molecule is NCC1(CNc2nnnn2-c2ccccc2)CCCCC1. The van der Waals surface area contributed by atoms with Gasteiger partial charge in [0.2, 0.25) is 5.95 Å². The third-order valence-electron chi connectivity index (χ3n) is 4.44. The number of hydrogen-bond donors (Lipinski definition) is 2. The number of tetrazole rings is 1. The van der Waals surface area contributed by atoms with Crippen LogP contribution in [0.2, 0.25) is 0 Å². The van der Waals surface area contributed by atoms with Crippen molar-refractivity contribution >= 4 is 5.95 Å². The summed E-state index contributed by atoms with van der Waals surface area (Å²) in [5.74, 6) is 0.680. The standard InChI is InChI=1S/C15H22N6/c16-11-15(9-5-2-6-10-15)12-17-14-18-19-20-21(14)13-7-3-1-4-8-13/h1,3-4,7-8H,2,5-6,9-12,16H2,(H,17,18,20). The van der Waals surface area contributed by atoms with Crippen LogP contribution in [0.15, 0.2) is 30.3 Å². The van der Waals surface area contributed by atoms with Crippen molar-refractivity contribution in [3.05, 3.63) is 30.3 Å². The van der Waals surface area contributed by atoms with Crippen molar-refractivity contribution in [3.8, 4) is 5.69 Å². The lowest BCUT2D eigenvalue weighted by molar-refractivity contribution is 0.215. The molecule has 0 amide bonds. The Morgan fingerprint density at radius 1 is 1.14 bits per heavy atom. The minimum Gasteiger partial charge on any atom is -0.352 e. The minimum absolute atomic E-state index is 0.186. The molecule has 1 aliphatic rings. The van der Waals surface area contributed by atoms with Crippen molar-refractivity contribution in [2.24, 2.45) is 11.1 Å². The molecule has 6 nitrogen and oxygen atoms in total. The maximum absolute atomic E-state index is 6.03. The molecule has 0 radical (unpaired) electrons. The van der Waals surface area contributed by atoms with Crippen LogP contribution in [-0.4, -0.2) is 33.3 Å². The second-order valence-electron chi connectivity index (χ2n) is 5.87. The van der Waals surface area contributed by atoms with E-state index in [2.05, 4.69) is 20.8 Å². The van der Waals surface area contributed by atoms with Gasteiger partial charge in [-0.3, -0.25) is 0 Å². The van der Waals surface area contributed by atoms with Gasteiger partial charge in [0.05, 0.1) is 5.69 Å². The predicted octanol–water partition coefficient (Wildman–Crippen LogP) is 1.98. The first kappa shape index (κ1) is 14.0. The van der Waals surface area contributed by atoms with Crippen LogP contribution in [0.5, 0.6) is 0 Å². The molecular weight excluding hydrogens is 264 g/mol. The third kappa shape index (κ3) is 3.05. The van der Waals surface area contributed by atoms with Crippen molar-refractivity contribution in [2.45, 2.75) is 32.1 Å². The highest BCUT2D eigenvalue weighted by Gasteiger charge is 2.30. The van der Waals surface area contributed by atoms with E-state index >= 15 is 0 Å². The van der Waals surface area contributed by atoms with E-state index in [9.17, 15) is 0 Å². The van der Waals surface area contributed by atoms with Gasteiger partial charge in [-0.05, 0) is 47.4 Å². The quantitative estimate of drug-likeness (QED) is 0.878. The van der Waals surface area contributed by atoms with Gasteiger partial charge < -0.3 is 11.1 Å². The number of nitrogens with zero attached hydrogens (tertiary/aromatic N) is 4. The molecule has 0 bridgehead atoms. The fourth-order valence-corrected chi connectivity index (χ4v) is 3.06. The van der Waals surface area contributed by atoms with Crippen LogP contribution in [0.1, 0.15) is 32.1 Å². The summed E-state index contributed by atoms with van der Waals surface area (Å²) in [6, 6.07) is 9.90. The van der Waals surface area contributed by atoms with E-state index in [1.807, 2.05) is 30.3 Å². The smallest absolute Gasteiger partial charge is 0.247 e. The van der Waals surface area contributed by atoms with Gasteiger partial charge in [0.1, 0.15) is 0 Å². The molecule has 1 aromatic heterocycles. The van der Waals surface area contributed by atoms with E-state index in [-0.39, 0.29) is 5.41 Å². The van der Waals surface area contributed by atoms with Crippen LogP contribution in [0, 0.1) is 5.41 Å². The van der Waals surface area contributed by atoms with Gasteiger partial charge in [0.15, 0.2) is 0 Å². The van der Waals surface area contributed by atoms with Gasteiger partial charge in [-0.1, -0.05) is 42.6 Å². The summed E-state index contributed by atoms with van der Waals surface area (Å²) in [5, 5.41) is 15.3. The second-order valence-corrected chi connectivity index (χ2v) is 5.87.